The first-order valence-electron chi connectivity index (χ1n) is 12.7. The Balaban J connectivity index is 2.30. The van der Waals surface area contributed by atoms with E-state index in [-0.39, 0.29) is 19.3 Å². The van der Waals surface area contributed by atoms with Gasteiger partial charge in [-0.05, 0) is 30.9 Å². The van der Waals surface area contributed by atoms with Crippen molar-refractivity contribution in [1.82, 2.24) is 20.9 Å². The lowest BCUT2D eigenvalue weighted by Crippen LogP contribution is -2.60. The Hall–Kier alpha value is -3.97. The molecule has 0 saturated carbocycles. The van der Waals surface area contributed by atoms with Crippen molar-refractivity contribution in [2.75, 3.05) is 0 Å². The van der Waals surface area contributed by atoms with E-state index in [9.17, 15) is 34.2 Å². The number of nitrogens with two attached hydrogens (primary N) is 1. The molecule has 0 spiro atoms. The molecule has 6 atom stereocenters. The van der Waals surface area contributed by atoms with Crippen molar-refractivity contribution in [2.24, 2.45) is 11.7 Å². The topological polar surface area (TPSA) is 224 Å². The zero-order chi connectivity index (χ0) is 29.3. The number of hydrogen-bond acceptors (Lipinski definition) is 7. The van der Waals surface area contributed by atoms with Crippen LogP contribution in [-0.2, 0) is 30.4 Å². The molecule has 1 aromatic carbocycles. The first-order chi connectivity index (χ1) is 18.3. The van der Waals surface area contributed by atoms with E-state index in [2.05, 4.69) is 20.9 Å². The molecule has 0 aliphatic heterocycles. The third-order valence-corrected chi connectivity index (χ3v) is 6.58. The molecule has 2 aromatic rings. The van der Waals surface area contributed by atoms with Gasteiger partial charge >= 0.3 is 11.9 Å². The summed E-state index contributed by atoms with van der Waals surface area (Å²) in [6, 6.07) is 2.07. The Morgan fingerprint density at radius 3 is 2.18 bits per heavy atom. The fourth-order valence-corrected chi connectivity index (χ4v) is 4.00. The maximum atomic E-state index is 13.3. The molecule has 0 fully saturated rings. The zero-order valence-electron chi connectivity index (χ0n) is 22.1. The number of carbonyl (C=O) groups is 5. The van der Waals surface area contributed by atoms with Crippen molar-refractivity contribution in [1.29, 1.82) is 0 Å². The summed E-state index contributed by atoms with van der Waals surface area (Å²) in [5.74, 6) is -5.27. The number of carboxylic acids is 2. The summed E-state index contributed by atoms with van der Waals surface area (Å²) in [4.78, 5) is 64.6. The van der Waals surface area contributed by atoms with Crippen LogP contribution in [0.5, 0.6) is 0 Å². The molecule has 6 unspecified atom stereocenters. The number of amides is 3. The van der Waals surface area contributed by atoms with Crippen LogP contribution >= 0.6 is 0 Å². The number of aliphatic carboxylic acids is 2. The average molecular weight is 548 g/mol. The van der Waals surface area contributed by atoms with Crippen molar-refractivity contribution in [3.05, 3.63) is 36.0 Å². The van der Waals surface area contributed by atoms with E-state index in [4.69, 9.17) is 10.8 Å². The highest BCUT2D eigenvalue weighted by molar-refractivity contribution is 5.95. The predicted molar refractivity (Wildman–Crippen MR) is 141 cm³/mol. The molecular weight excluding hydrogens is 510 g/mol. The van der Waals surface area contributed by atoms with Crippen LogP contribution in [0.25, 0.3) is 10.9 Å². The number of carbonyl (C=O) groups excluding carboxylic acids is 3. The van der Waals surface area contributed by atoms with E-state index in [1.54, 1.807) is 20.0 Å². The smallest absolute Gasteiger partial charge is 0.326 e. The van der Waals surface area contributed by atoms with E-state index in [1.165, 1.54) is 6.92 Å². The Bertz CT molecular complexity index is 1180. The maximum absolute atomic E-state index is 13.3. The minimum Gasteiger partial charge on any atom is -0.481 e. The number of nitrogens with one attached hydrogen (secondary N) is 4. The molecule has 2 rings (SSSR count). The van der Waals surface area contributed by atoms with Gasteiger partial charge in [0.25, 0.3) is 0 Å². The molecule has 3 amide bonds. The second-order valence-corrected chi connectivity index (χ2v) is 9.60. The van der Waals surface area contributed by atoms with Gasteiger partial charge in [-0.1, -0.05) is 38.5 Å². The van der Waals surface area contributed by atoms with Crippen LogP contribution in [0.15, 0.2) is 30.5 Å². The van der Waals surface area contributed by atoms with Crippen molar-refractivity contribution in [3.63, 3.8) is 0 Å². The Labute approximate surface area is 225 Å². The maximum Gasteiger partial charge on any atom is 0.326 e. The standard InChI is InChI=1S/C26H37N5O8/c1-4-13(2)21(26(38)39)30-24(36)19(11-15-12-28-18-8-6-5-7-16(15)18)29-25(37)22(14(3)32)31-23(35)17(27)9-10-20(33)34/h5-8,12-14,17,19,21-22,28,32H,4,9-11,27H2,1-3H3,(H,29,37)(H,30,36)(H,31,35)(H,33,34)(H,38,39). The fourth-order valence-electron chi connectivity index (χ4n) is 4.00. The zero-order valence-corrected chi connectivity index (χ0v) is 22.1. The van der Waals surface area contributed by atoms with Gasteiger partial charge in [0.15, 0.2) is 0 Å². The van der Waals surface area contributed by atoms with Gasteiger partial charge in [-0.25, -0.2) is 4.79 Å². The number of aliphatic hydroxyl groups excluding tert-OH is 1. The van der Waals surface area contributed by atoms with Crippen LogP contribution in [-0.4, -0.2) is 80.2 Å². The van der Waals surface area contributed by atoms with Gasteiger partial charge in [-0.15, -0.1) is 0 Å². The highest BCUT2D eigenvalue weighted by Crippen LogP contribution is 2.19. The summed E-state index contributed by atoms with van der Waals surface area (Å²) in [7, 11) is 0. The van der Waals surface area contributed by atoms with E-state index in [0.29, 0.717) is 12.0 Å². The van der Waals surface area contributed by atoms with Crippen LogP contribution in [0.4, 0.5) is 0 Å². The largest absolute Gasteiger partial charge is 0.481 e. The Morgan fingerprint density at radius 2 is 1.59 bits per heavy atom. The summed E-state index contributed by atoms with van der Waals surface area (Å²) in [5.41, 5.74) is 7.19. The summed E-state index contributed by atoms with van der Waals surface area (Å²) < 4.78 is 0. The number of rotatable bonds is 15. The summed E-state index contributed by atoms with van der Waals surface area (Å²) >= 11 is 0. The monoisotopic (exact) mass is 547 g/mol. The first kappa shape index (κ1) is 31.2. The third kappa shape index (κ3) is 8.79. The van der Waals surface area contributed by atoms with Gasteiger partial charge in [0.05, 0.1) is 12.1 Å². The van der Waals surface area contributed by atoms with Crippen molar-refractivity contribution < 1.29 is 39.3 Å². The highest BCUT2D eigenvalue weighted by Gasteiger charge is 2.34. The molecule has 1 aromatic heterocycles. The van der Waals surface area contributed by atoms with Crippen LogP contribution in [0.1, 0.15) is 45.6 Å². The van der Waals surface area contributed by atoms with Crippen LogP contribution in [0.3, 0.4) is 0 Å². The molecule has 0 radical (unpaired) electrons. The van der Waals surface area contributed by atoms with Gasteiger partial charge in [0, 0.05) is 29.9 Å². The normalized spacial score (nSPS) is 15.8. The number of para-hydroxylation sites is 1. The number of benzene rings is 1. The van der Waals surface area contributed by atoms with Gasteiger partial charge in [-0.3, -0.25) is 19.2 Å². The van der Waals surface area contributed by atoms with Crippen LogP contribution in [0.2, 0.25) is 0 Å². The molecule has 13 heteroatoms. The molecule has 0 aliphatic rings. The van der Waals surface area contributed by atoms with Crippen LogP contribution < -0.4 is 21.7 Å². The number of aromatic amines is 1. The number of hydrogen-bond donors (Lipinski definition) is 8. The summed E-state index contributed by atoms with van der Waals surface area (Å²) in [6.45, 7) is 4.72. The molecule has 0 saturated heterocycles. The summed E-state index contributed by atoms with van der Waals surface area (Å²) in [5, 5.41) is 36.8. The first-order valence-corrected chi connectivity index (χ1v) is 12.7. The number of aromatic nitrogens is 1. The van der Waals surface area contributed by atoms with Crippen molar-refractivity contribution in [2.45, 2.75) is 76.7 Å². The predicted octanol–water partition coefficient (Wildman–Crippen LogP) is -0.132. The lowest BCUT2D eigenvalue weighted by Gasteiger charge is -2.27. The molecule has 9 N–H and O–H groups in total. The molecule has 39 heavy (non-hydrogen) atoms. The second-order valence-electron chi connectivity index (χ2n) is 9.60. The minimum absolute atomic E-state index is 0.0208. The molecular formula is C26H37N5O8. The van der Waals surface area contributed by atoms with E-state index >= 15 is 0 Å². The summed E-state index contributed by atoms with van der Waals surface area (Å²) in [6.07, 6.45) is 0.183. The number of H-pyrrole nitrogens is 1. The average Bonchev–Trinajstić information content (AvgIpc) is 3.29. The van der Waals surface area contributed by atoms with Crippen molar-refractivity contribution >= 4 is 40.6 Å². The third-order valence-electron chi connectivity index (χ3n) is 6.58. The van der Waals surface area contributed by atoms with Gasteiger partial charge < -0.3 is 42.0 Å². The van der Waals surface area contributed by atoms with Crippen LogP contribution in [0, 0.1) is 5.92 Å². The van der Waals surface area contributed by atoms with Gasteiger partial charge in [0.2, 0.25) is 17.7 Å². The van der Waals surface area contributed by atoms with Gasteiger partial charge in [0.1, 0.15) is 18.1 Å². The van der Waals surface area contributed by atoms with E-state index in [1.807, 2.05) is 24.3 Å². The second kappa shape index (κ2) is 14.3. The molecule has 13 nitrogen and oxygen atoms in total. The fraction of sp³-hybridized carbons (Fsp3) is 0.500. The molecule has 214 valence electrons. The van der Waals surface area contributed by atoms with Crippen molar-refractivity contribution in [3.8, 4) is 0 Å². The number of aliphatic hydroxyl groups is 1. The highest BCUT2D eigenvalue weighted by atomic mass is 16.4. The Morgan fingerprint density at radius 1 is 0.949 bits per heavy atom. The molecule has 0 bridgehead atoms. The molecule has 1 heterocycles. The number of carboxylic acid groups (broad SMARTS) is 2. The minimum atomic E-state index is -1.52. The van der Waals surface area contributed by atoms with E-state index in [0.717, 1.165) is 10.9 Å². The quantitative estimate of drug-likeness (QED) is 0.148. The number of fused-ring (bicyclic) bond motifs is 1. The van der Waals surface area contributed by atoms with Gasteiger partial charge in [-0.2, -0.15) is 0 Å². The molecule has 0 aliphatic carbocycles. The SMILES string of the molecule is CCC(C)C(NC(=O)C(Cc1c[nH]c2ccccc12)NC(=O)C(NC(=O)C(N)CCC(=O)O)C(C)O)C(=O)O. The Kier molecular flexibility index (Phi) is 11.4. The lowest BCUT2D eigenvalue weighted by molar-refractivity contribution is -0.144. The lowest BCUT2D eigenvalue weighted by atomic mass is 9.97. The van der Waals surface area contributed by atoms with E-state index < -0.39 is 65.8 Å².